The smallest absolute Gasteiger partial charge is 0.161 e. The molecule has 116 valence electrons. The molecule has 1 aromatic carbocycles. The van der Waals surface area contributed by atoms with Crippen molar-refractivity contribution in [2.45, 2.75) is 50.2 Å². The highest BCUT2D eigenvalue weighted by Gasteiger charge is 2.47. The molecule has 0 bridgehead atoms. The van der Waals surface area contributed by atoms with Gasteiger partial charge in [0.1, 0.15) is 6.10 Å². The number of hydrogen-bond donors (Lipinski definition) is 1. The van der Waals surface area contributed by atoms with Crippen LogP contribution < -0.4 is 15.2 Å². The lowest BCUT2D eigenvalue weighted by molar-refractivity contribution is 0.00639. The van der Waals surface area contributed by atoms with E-state index in [4.69, 9.17) is 19.9 Å². The Labute approximate surface area is 126 Å². The van der Waals surface area contributed by atoms with Crippen LogP contribution in [-0.2, 0) is 10.2 Å². The third kappa shape index (κ3) is 2.87. The van der Waals surface area contributed by atoms with Crippen molar-refractivity contribution >= 4 is 0 Å². The number of rotatable bonds is 5. The van der Waals surface area contributed by atoms with Crippen LogP contribution in [0.25, 0.3) is 0 Å². The Morgan fingerprint density at radius 1 is 1.33 bits per heavy atom. The van der Waals surface area contributed by atoms with E-state index in [0.29, 0.717) is 6.61 Å². The predicted molar refractivity (Wildman–Crippen MR) is 82.0 cm³/mol. The maximum absolute atomic E-state index is 6.18. The number of hydrogen-bond acceptors (Lipinski definition) is 4. The van der Waals surface area contributed by atoms with Crippen LogP contribution in [0.2, 0.25) is 0 Å². The van der Waals surface area contributed by atoms with E-state index in [1.165, 1.54) is 5.56 Å². The second-order valence-electron chi connectivity index (χ2n) is 6.27. The molecule has 4 heteroatoms. The molecular formula is C17H25NO3. The lowest BCUT2D eigenvalue weighted by Crippen LogP contribution is -2.32. The van der Waals surface area contributed by atoms with Crippen LogP contribution in [0.3, 0.4) is 0 Å². The van der Waals surface area contributed by atoms with Crippen LogP contribution in [-0.4, -0.2) is 32.5 Å². The Morgan fingerprint density at radius 2 is 2.14 bits per heavy atom. The molecule has 2 N–H and O–H groups in total. The summed E-state index contributed by atoms with van der Waals surface area (Å²) in [6.07, 6.45) is 4.52. The lowest BCUT2D eigenvalue weighted by Gasteiger charge is -2.26. The third-order valence-corrected chi connectivity index (χ3v) is 4.81. The van der Waals surface area contributed by atoms with E-state index in [1.54, 1.807) is 7.11 Å². The van der Waals surface area contributed by atoms with Gasteiger partial charge in [0, 0.05) is 18.1 Å². The van der Waals surface area contributed by atoms with Gasteiger partial charge in [0.05, 0.1) is 13.7 Å². The highest BCUT2D eigenvalue weighted by atomic mass is 16.5. The highest BCUT2D eigenvalue weighted by Crippen LogP contribution is 2.51. The minimum Gasteiger partial charge on any atom is -0.493 e. The van der Waals surface area contributed by atoms with E-state index in [0.717, 1.165) is 43.8 Å². The van der Waals surface area contributed by atoms with Gasteiger partial charge in [0.15, 0.2) is 11.5 Å². The second-order valence-corrected chi connectivity index (χ2v) is 6.27. The summed E-state index contributed by atoms with van der Waals surface area (Å²) >= 11 is 0. The van der Waals surface area contributed by atoms with Crippen LogP contribution in [0.5, 0.6) is 11.5 Å². The molecule has 1 aliphatic heterocycles. The van der Waals surface area contributed by atoms with Gasteiger partial charge in [0.25, 0.3) is 0 Å². The first-order valence-corrected chi connectivity index (χ1v) is 7.84. The molecule has 2 aliphatic rings. The zero-order chi connectivity index (χ0) is 14.9. The number of benzene rings is 1. The van der Waals surface area contributed by atoms with Crippen molar-refractivity contribution in [3.05, 3.63) is 23.8 Å². The van der Waals surface area contributed by atoms with Gasteiger partial charge in [-0.25, -0.2) is 0 Å². The number of methoxy groups -OCH3 is 1. The lowest BCUT2D eigenvalue weighted by atomic mass is 9.89. The topological polar surface area (TPSA) is 53.7 Å². The summed E-state index contributed by atoms with van der Waals surface area (Å²) in [5, 5.41) is 0. The highest BCUT2D eigenvalue weighted by molar-refractivity contribution is 5.47. The molecule has 21 heavy (non-hydrogen) atoms. The van der Waals surface area contributed by atoms with Crippen LogP contribution >= 0.6 is 0 Å². The van der Waals surface area contributed by atoms with Crippen molar-refractivity contribution in [3.63, 3.8) is 0 Å². The monoisotopic (exact) mass is 291 g/mol. The first kappa shape index (κ1) is 14.7. The van der Waals surface area contributed by atoms with Crippen molar-refractivity contribution in [1.82, 2.24) is 0 Å². The van der Waals surface area contributed by atoms with Gasteiger partial charge in [0.2, 0.25) is 0 Å². The van der Waals surface area contributed by atoms with E-state index in [1.807, 2.05) is 6.07 Å². The molecule has 1 heterocycles. The summed E-state index contributed by atoms with van der Waals surface area (Å²) in [5.41, 5.74) is 7.58. The van der Waals surface area contributed by atoms with Gasteiger partial charge in [-0.1, -0.05) is 6.07 Å². The predicted octanol–water partition coefficient (Wildman–Crippen LogP) is 2.63. The van der Waals surface area contributed by atoms with E-state index in [9.17, 15) is 0 Å². The minimum atomic E-state index is 0.119. The first-order chi connectivity index (χ1) is 10.2. The van der Waals surface area contributed by atoms with Gasteiger partial charge < -0.3 is 19.9 Å². The zero-order valence-electron chi connectivity index (χ0n) is 12.9. The summed E-state index contributed by atoms with van der Waals surface area (Å²) < 4.78 is 17.1. The Bertz CT molecular complexity index is 491. The Morgan fingerprint density at radius 3 is 2.71 bits per heavy atom. The van der Waals surface area contributed by atoms with E-state index in [2.05, 4.69) is 19.1 Å². The molecule has 0 amide bonds. The van der Waals surface area contributed by atoms with E-state index in [-0.39, 0.29) is 17.6 Å². The number of nitrogens with two attached hydrogens (primary N) is 1. The summed E-state index contributed by atoms with van der Waals surface area (Å²) in [7, 11) is 1.68. The summed E-state index contributed by atoms with van der Waals surface area (Å²) in [6.45, 7) is 3.59. The normalized spacial score (nSPS) is 25.2. The molecule has 1 saturated carbocycles. The molecule has 0 radical (unpaired) electrons. The first-order valence-electron chi connectivity index (χ1n) is 7.84. The molecule has 1 aliphatic carbocycles. The standard InChI is InChI=1S/C17H25NO3/c1-12(18)17(7-8-17)13-5-6-15(19-2)16(10-13)21-14-4-3-9-20-11-14/h5-6,10,12,14H,3-4,7-9,11,18H2,1-2H3. The Hall–Kier alpha value is -1.26. The molecule has 2 unspecified atom stereocenters. The minimum absolute atomic E-state index is 0.119. The second kappa shape index (κ2) is 5.85. The summed E-state index contributed by atoms with van der Waals surface area (Å²) in [4.78, 5) is 0. The Balaban J connectivity index is 1.83. The number of ether oxygens (including phenoxy) is 3. The maximum atomic E-state index is 6.18. The van der Waals surface area contributed by atoms with Crippen LogP contribution in [0.15, 0.2) is 18.2 Å². The molecular weight excluding hydrogens is 266 g/mol. The van der Waals surface area contributed by atoms with Gasteiger partial charge in [-0.2, -0.15) is 0 Å². The quantitative estimate of drug-likeness (QED) is 0.906. The van der Waals surface area contributed by atoms with Crippen LogP contribution in [0, 0.1) is 0 Å². The maximum Gasteiger partial charge on any atom is 0.161 e. The molecule has 2 atom stereocenters. The molecule has 0 spiro atoms. The van der Waals surface area contributed by atoms with Crippen LogP contribution in [0.4, 0.5) is 0 Å². The average Bonchev–Trinajstić information content (AvgIpc) is 3.30. The van der Waals surface area contributed by atoms with Crippen molar-refractivity contribution in [2.75, 3.05) is 20.3 Å². The van der Waals surface area contributed by atoms with E-state index < -0.39 is 0 Å². The third-order valence-electron chi connectivity index (χ3n) is 4.81. The fourth-order valence-corrected chi connectivity index (χ4v) is 3.20. The molecule has 1 aromatic rings. The molecule has 1 saturated heterocycles. The van der Waals surface area contributed by atoms with Crippen molar-refractivity contribution < 1.29 is 14.2 Å². The summed E-state index contributed by atoms with van der Waals surface area (Å²) in [5.74, 6) is 1.60. The SMILES string of the molecule is COc1ccc(C2(C(C)N)CC2)cc1OC1CCCOC1. The van der Waals surface area contributed by atoms with Gasteiger partial charge in [-0.05, 0) is 50.3 Å². The molecule has 3 rings (SSSR count). The fourth-order valence-electron chi connectivity index (χ4n) is 3.20. The molecule has 2 fully saturated rings. The molecule has 4 nitrogen and oxygen atoms in total. The van der Waals surface area contributed by atoms with Gasteiger partial charge in [-0.15, -0.1) is 0 Å². The van der Waals surface area contributed by atoms with Crippen molar-refractivity contribution in [1.29, 1.82) is 0 Å². The van der Waals surface area contributed by atoms with Crippen molar-refractivity contribution in [2.24, 2.45) is 5.73 Å². The fraction of sp³-hybridized carbons (Fsp3) is 0.647. The molecule has 0 aromatic heterocycles. The largest absolute Gasteiger partial charge is 0.493 e. The van der Waals surface area contributed by atoms with Gasteiger partial charge in [-0.3, -0.25) is 0 Å². The van der Waals surface area contributed by atoms with Gasteiger partial charge >= 0.3 is 0 Å². The van der Waals surface area contributed by atoms with E-state index >= 15 is 0 Å². The zero-order valence-corrected chi connectivity index (χ0v) is 12.9. The Kier molecular flexibility index (Phi) is 4.09. The summed E-state index contributed by atoms with van der Waals surface area (Å²) in [6, 6.07) is 6.40. The van der Waals surface area contributed by atoms with Crippen molar-refractivity contribution in [3.8, 4) is 11.5 Å². The average molecular weight is 291 g/mol. The van der Waals surface area contributed by atoms with Crippen LogP contribution in [0.1, 0.15) is 38.2 Å².